The predicted octanol–water partition coefficient (Wildman–Crippen LogP) is 2.47. The number of hydrogen-bond donors (Lipinski definition) is 2. The van der Waals surface area contributed by atoms with Gasteiger partial charge in [-0.2, -0.15) is 0 Å². The van der Waals surface area contributed by atoms with Gasteiger partial charge in [0.05, 0.1) is 11.8 Å². The van der Waals surface area contributed by atoms with E-state index >= 15 is 0 Å². The quantitative estimate of drug-likeness (QED) is 0.196. The summed E-state index contributed by atoms with van der Waals surface area (Å²) in [6.07, 6.45) is 6.04. The van der Waals surface area contributed by atoms with Crippen molar-refractivity contribution < 1.29 is 9.59 Å². The number of amides is 2. The fourth-order valence-corrected chi connectivity index (χ4v) is 4.79. The Morgan fingerprint density at radius 3 is 2.24 bits per heavy atom. The Morgan fingerprint density at radius 1 is 1.07 bits per heavy atom. The number of allylic oxidation sites excluding steroid dienone is 2. The number of guanidine groups is 1. The van der Waals surface area contributed by atoms with Crippen molar-refractivity contribution in [3.05, 3.63) is 47.0 Å². The Labute approximate surface area is 193 Å². The molecule has 1 aromatic carbocycles. The zero-order chi connectivity index (χ0) is 19.7. The molecule has 1 saturated heterocycles. The number of carbonyl (C=O) groups excluding carboxylic acids is 2. The summed E-state index contributed by atoms with van der Waals surface area (Å²) in [5.41, 5.74) is 1.19. The van der Waals surface area contributed by atoms with Crippen LogP contribution in [0.5, 0.6) is 0 Å². The molecule has 2 N–H and O–H groups in total. The van der Waals surface area contributed by atoms with E-state index in [1.807, 2.05) is 24.3 Å². The zero-order valence-corrected chi connectivity index (χ0v) is 19.4. The number of imide groups is 1. The number of nitrogens with one attached hydrogen (secondary N) is 2. The van der Waals surface area contributed by atoms with Crippen molar-refractivity contribution in [2.45, 2.75) is 12.8 Å². The molecule has 3 aliphatic rings. The number of likely N-dealkylation sites (tertiary alicyclic amines) is 1. The number of nitrogens with zero attached hydrogens (tertiary/aromatic N) is 2. The molecule has 2 amide bonds. The summed E-state index contributed by atoms with van der Waals surface area (Å²) in [7, 11) is 1.71. The van der Waals surface area contributed by atoms with Crippen LogP contribution < -0.4 is 10.6 Å². The Hall–Kier alpha value is -1.61. The molecule has 2 bridgehead atoms. The summed E-state index contributed by atoms with van der Waals surface area (Å²) in [4.78, 5) is 31.0. The lowest BCUT2D eigenvalue weighted by Crippen LogP contribution is -2.44. The van der Waals surface area contributed by atoms with Crippen molar-refractivity contribution in [1.29, 1.82) is 0 Å². The fourth-order valence-electron chi connectivity index (χ4n) is 4.67. The van der Waals surface area contributed by atoms with E-state index in [0.717, 1.165) is 24.4 Å². The van der Waals surface area contributed by atoms with Crippen LogP contribution in [-0.2, 0) is 16.0 Å². The second-order valence-electron chi connectivity index (χ2n) is 7.63. The molecule has 4 unspecified atom stereocenters. The lowest BCUT2D eigenvalue weighted by atomic mass is 9.85. The first kappa shape index (κ1) is 22.1. The summed E-state index contributed by atoms with van der Waals surface area (Å²) in [6.45, 7) is 1.59. The molecule has 0 aromatic heterocycles. The van der Waals surface area contributed by atoms with Crippen molar-refractivity contribution in [1.82, 2.24) is 15.5 Å². The second-order valence-corrected chi connectivity index (χ2v) is 8.07. The number of benzene rings is 1. The van der Waals surface area contributed by atoms with Crippen molar-refractivity contribution >= 4 is 53.4 Å². The molecule has 4 rings (SSSR count). The lowest BCUT2D eigenvalue weighted by molar-refractivity contribution is -0.140. The molecule has 1 aliphatic heterocycles. The summed E-state index contributed by atoms with van der Waals surface area (Å²) in [5.74, 6) is 0.922. The third kappa shape index (κ3) is 4.45. The maximum absolute atomic E-state index is 12.7. The summed E-state index contributed by atoms with van der Waals surface area (Å²) in [5, 5.41) is 7.17. The summed E-state index contributed by atoms with van der Waals surface area (Å²) in [6, 6.07) is 7.77. The molecule has 0 radical (unpaired) electrons. The molecule has 8 heteroatoms. The van der Waals surface area contributed by atoms with Crippen LogP contribution in [0.4, 0.5) is 0 Å². The minimum Gasteiger partial charge on any atom is -0.356 e. The number of halogens is 2. The van der Waals surface area contributed by atoms with E-state index in [2.05, 4.69) is 27.8 Å². The van der Waals surface area contributed by atoms with Crippen molar-refractivity contribution in [3.63, 3.8) is 0 Å². The first-order chi connectivity index (χ1) is 13.6. The molecular weight excluding hydrogens is 503 g/mol. The Balaban J connectivity index is 0.00000240. The highest BCUT2D eigenvalue weighted by Gasteiger charge is 2.58. The van der Waals surface area contributed by atoms with E-state index in [1.165, 1.54) is 10.5 Å². The van der Waals surface area contributed by atoms with Gasteiger partial charge in [-0.15, -0.1) is 24.0 Å². The van der Waals surface area contributed by atoms with E-state index in [9.17, 15) is 9.59 Å². The molecule has 1 aromatic rings. The molecule has 2 aliphatic carbocycles. The molecule has 29 heavy (non-hydrogen) atoms. The number of hydrogen-bond acceptors (Lipinski definition) is 3. The maximum atomic E-state index is 12.7. The van der Waals surface area contributed by atoms with Gasteiger partial charge in [-0.05, 0) is 42.4 Å². The van der Waals surface area contributed by atoms with Crippen LogP contribution in [0.3, 0.4) is 0 Å². The molecule has 6 nitrogen and oxygen atoms in total. The van der Waals surface area contributed by atoms with Gasteiger partial charge in [-0.3, -0.25) is 19.5 Å². The first-order valence-corrected chi connectivity index (χ1v) is 10.2. The van der Waals surface area contributed by atoms with E-state index in [-0.39, 0.29) is 59.5 Å². The van der Waals surface area contributed by atoms with E-state index < -0.39 is 0 Å². The summed E-state index contributed by atoms with van der Waals surface area (Å²) < 4.78 is 0. The largest absolute Gasteiger partial charge is 0.356 e. The van der Waals surface area contributed by atoms with Gasteiger partial charge in [-0.25, -0.2) is 0 Å². The third-order valence-corrected chi connectivity index (χ3v) is 6.28. The third-order valence-electron chi connectivity index (χ3n) is 6.03. The topological polar surface area (TPSA) is 73.8 Å². The fraction of sp³-hybridized carbons (Fsp3) is 0.476. The SMILES string of the molecule is CN=C(NCCc1ccc(Cl)cc1)NCCN1C(=O)C2C3C=CC(C3)C2C1=O.I. The van der Waals surface area contributed by atoms with Gasteiger partial charge in [0.25, 0.3) is 0 Å². The lowest BCUT2D eigenvalue weighted by Gasteiger charge is -2.18. The molecule has 1 saturated carbocycles. The van der Waals surface area contributed by atoms with E-state index in [1.54, 1.807) is 7.05 Å². The van der Waals surface area contributed by atoms with Gasteiger partial charge >= 0.3 is 0 Å². The van der Waals surface area contributed by atoms with Crippen molar-refractivity contribution in [3.8, 4) is 0 Å². The molecule has 0 spiro atoms. The maximum Gasteiger partial charge on any atom is 0.233 e. The Bertz CT molecular complexity index is 796. The number of fused-ring (bicyclic) bond motifs is 5. The smallest absolute Gasteiger partial charge is 0.233 e. The van der Waals surface area contributed by atoms with Crippen LogP contribution >= 0.6 is 35.6 Å². The van der Waals surface area contributed by atoms with Crippen molar-refractivity contribution in [2.24, 2.45) is 28.7 Å². The normalized spacial score (nSPS) is 27.2. The number of aliphatic imine (C=N–C) groups is 1. The standard InChI is InChI=1S/C21H25ClN4O2.HI/c1-23-21(24-9-8-13-2-6-16(22)7-3-13)25-10-11-26-19(27)17-14-4-5-15(12-14)18(17)20(26)28;/h2-7,14-15,17-18H,8-12H2,1H3,(H2,23,24,25);1H. The van der Waals surface area contributed by atoms with Gasteiger partial charge < -0.3 is 10.6 Å². The van der Waals surface area contributed by atoms with Crippen LogP contribution in [0.1, 0.15) is 12.0 Å². The van der Waals surface area contributed by atoms with Gasteiger partial charge in [0.15, 0.2) is 5.96 Å². The summed E-state index contributed by atoms with van der Waals surface area (Å²) >= 11 is 5.90. The first-order valence-electron chi connectivity index (χ1n) is 9.81. The molecule has 4 atom stereocenters. The molecule has 2 fully saturated rings. The van der Waals surface area contributed by atoms with Crippen LogP contribution in [-0.4, -0.2) is 49.4 Å². The highest BCUT2D eigenvalue weighted by Crippen LogP contribution is 2.52. The van der Waals surface area contributed by atoms with Gasteiger partial charge in [0, 0.05) is 31.7 Å². The average molecular weight is 529 g/mol. The van der Waals surface area contributed by atoms with Crippen LogP contribution in [0.2, 0.25) is 5.02 Å². The van der Waals surface area contributed by atoms with Crippen LogP contribution in [0, 0.1) is 23.7 Å². The van der Waals surface area contributed by atoms with Gasteiger partial charge in [0.1, 0.15) is 0 Å². The molecular formula is C21H26ClIN4O2. The van der Waals surface area contributed by atoms with E-state index in [4.69, 9.17) is 11.6 Å². The minimum atomic E-state index is -0.126. The van der Waals surface area contributed by atoms with Crippen molar-refractivity contribution in [2.75, 3.05) is 26.7 Å². The number of carbonyl (C=O) groups is 2. The van der Waals surface area contributed by atoms with E-state index in [0.29, 0.717) is 19.0 Å². The predicted molar refractivity (Wildman–Crippen MR) is 124 cm³/mol. The van der Waals surface area contributed by atoms with Gasteiger partial charge in [0.2, 0.25) is 11.8 Å². The highest BCUT2D eigenvalue weighted by atomic mass is 127. The number of rotatable bonds is 6. The van der Waals surface area contributed by atoms with Crippen LogP contribution in [0.25, 0.3) is 0 Å². The van der Waals surface area contributed by atoms with Crippen LogP contribution in [0.15, 0.2) is 41.4 Å². The Kier molecular flexibility index (Phi) is 7.21. The second kappa shape index (κ2) is 9.47. The monoisotopic (exact) mass is 528 g/mol. The average Bonchev–Trinajstić information content (AvgIpc) is 3.37. The van der Waals surface area contributed by atoms with Gasteiger partial charge in [-0.1, -0.05) is 35.9 Å². The highest BCUT2D eigenvalue weighted by molar-refractivity contribution is 14.0. The Morgan fingerprint density at radius 2 is 1.66 bits per heavy atom. The molecule has 156 valence electrons. The minimum absolute atomic E-state index is 0. The molecule has 1 heterocycles. The zero-order valence-electron chi connectivity index (χ0n) is 16.3.